The molecule has 0 radical (unpaired) electrons. The number of nitrogens with zero attached hydrogens (tertiary/aromatic N) is 1. The van der Waals surface area contributed by atoms with Crippen LogP contribution in [0.15, 0.2) is 24.3 Å². The molecule has 1 aromatic carbocycles. The zero-order chi connectivity index (χ0) is 13.7. The number of amides is 1. The highest BCUT2D eigenvalue weighted by atomic mass is 19.1. The number of rotatable bonds is 4. The molecule has 1 saturated heterocycles. The fourth-order valence-electron chi connectivity index (χ4n) is 2.33. The molecule has 1 heterocycles. The second-order valence-corrected chi connectivity index (χ2v) is 4.83. The van der Waals surface area contributed by atoms with Gasteiger partial charge in [0, 0.05) is 13.0 Å². The van der Waals surface area contributed by atoms with Crippen LogP contribution < -0.4 is 0 Å². The molecule has 1 atom stereocenters. The van der Waals surface area contributed by atoms with Gasteiger partial charge in [-0.1, -0.05) is 25.5 Å². The van der Waals surface area contributed by atoms with Gasteiger partial charge in [0.15, 0.2) is 0 Å². The van der Waals surface area contributed by atoms with E-state index in [9.17, 15) is 9.18 Å². The number of halogens is 1. The Balaban J connectivity index is 2.11. The fourth-order valence-corrected chi connectivity index (χ4v) is 2.33. The van der Waals surface area contributed by atoms with Crippen molar-refractivity contribution in [3.8, 4) is 0 Å². The summed E-state index contributed by atoms with van der Waals surface area (Å²) in [6, 6.07) is 6.24. The Bertz CT molecular complexity index is 419. The summed E-state index contributed by atoms with van der Waals surface area (Å²) >= 11 is 0. The lowest BCUT2D eigenvalue weighted by Gasteiger charge is -2.36. The second kappa shape index (κ2) is 6.66. The van der Waals surface area contributed by atoms with Gasteiger partial charge in [-0.05, 0) is 24.1 Å². The molecule has 0 saturated carbocycles. The molecule has 19 heavy (non-hydrogen) atoms. The lowest BCUT2D eigenvalue weighted by Crippen LogP contribution is -2.43. The van der Waals surface area contributed by atoms with Crippen LogP contribution in [0.3, 0.4) is 0 Å². The number of unbranched alkanes of at least 4 members (excludes halogenated alkanes) is 1. The molecule has 0 spiro atoms. The highest BCUT2D eigenvalue weighted by molar-refractivity contribution is 5.76. The third-order valence-electron chi connectivity index (χ3n) is 3.45. The summed E-state index contributed by atoms with van der Waals surface area (Å²) in [5.74, 6) is -0.0937. The zero-order valence-corrected chi connectivity index (χ0v) is 11.3. The first-order valence-electron chi connectivity index (χ1n) is 6.85. The third kappa shape index (κ3) is 3.53. The number of hydrogen-bond acceptors (Lipinski definition) is 2. The van der Waals surface area contributed by atoms with Crippen molar-refractivity contribution in [3.63, 3.8) is 0 Å². The average molecular weight is 265 g/mol. The molecular weight excluding hydrogens is 245 g/mol. The van der Waals surface area contributed by atoms with Crippen LogP contribution in [0.2, 0.25) is 0 Å². The number of carbonyl (C=O) groups excluding carboxylic acids is 1. The summed E-state index contributed by atoms with van der Waals surface area (Å²) in [6.45, 7) is 3.76. The molecular formula is C15H20FNO2. The van der Waals surface area contributed by atoms with Gasteiger partial charge < -0.3 is 9.64 Å². The van der Waals surface area contributed by atoms with E-state index in [4.69, 9.17) is 4.74 Å². The minimum absolute atomic E-state index is 0.0845. The summed E-state index contributed by atoms with van der Waals surface area (Å²) in [7, 11) is 0. The summed E-state index contributed by atoms with van der Waals surface area (Å²) in [5.41, 5.74) is 0.936. The van der Waals surface area contributed by atoms with Crippen LogP contribution in [0, 0.1) is 5.82 Å². The molecule has 1 unspecified atom stereocenters. The predicted molar refractivity (Wildman–Crippen MR) is 71.2 cm³/mol. The topological polar surface area (TPSA) is 29.5 Å². The van der Waals surface area contributed by atoms with Crippen LogP contribution in [0.4, 0.5) is 4.39 Å². The highest BCUT2D eigenvalue weighted by Crippen LogP contribution is 2.25. The SMILES string of the molecule is CCCCC(=O)N1CCOCC1c1ccc(F)cc1. The van der Waals surface area contributed by atoms with Crippen molar-refractivity contribution in [2.75, 3.05) is 19.8 Å². The van der Waals surface area contributed by atoms with Gasteiger partial charge in [-0.3, -0.25) is 4.79 Å². The molecule has 1 fully saturated rings. The van der Waals surface area contributed by atoms with E-state index in [1.807, 2.05) is 4.90 Å². The number of hydrogen-bond donors (Lipinski definition) is 0. The van der Waals surface area contributed by atoms with Crippen molar-refractivity contribution in [1.29, 1.82) is 0 Å². The smallest absolute Gasteiger partial charge is 0.223 e. The van der Waals surface area contributed by atoms with Crippen molar-refractivity contribution >= 4 is 5.91 Å². The van der Waals surface area contributed by atoms with Crippen LogP contribution in [0.25, 0.3) is 0 Å². The summed E-state index contributed by atoms with van der Waals surface area (Å²) < 4.78 is 18.4. The standard InChI is InChI=1S/C15H20FNO2/c1-2-3-4-15(18)17-9-10-19-11-14(17)12-5-7-13(16)8-6-12/h5-8,14H,2-4,9-11H2,1H3. The van der Waals surface area contributed by atoms with E-state index in [1.165, 1.54) is 12.1 Å². The Morgan fingerprint density at radius 2 is 2.16 bits per heavy atom. The molecule has 104 valence electrons. The van der Waals surface area contributed by atoms with E-state index >= 15 is 0 Å². The second-order valence-electron chi connectivity index (χ2n) is 4.83. The molecule has 0 aromatic heterocycles. The fraction of sp³-hybridized carbons (Fsp3) is 0.533. The minimum Gasteiger partial charge on any atom is -0.377 e. The number of ether oxygens (including phenoxy) is 1. The van der Waals surface area contributed by atoms with Gasteiger partial charge in [-0.15, -0.1) is 0 Å². The van der Waals surface area contributed by atoms with Crippen molar-refractivity contribution < 1.29 is 13.9 Å². The Morgan fingerprint density at radius 1 is 1.42 bits per heavy atom. The molecule has 3 nitrogen and oxygen atoms in total. The third-order valence-corrected chi connectivity index (χ3v) is 3.45. The molecule has 1 aliphatic heterocycles. The Hall–Kier alpha value is -1.42. The summed E-state index contributed by atoms with van der Waals surface area (Å²) in [6.07, 6.45) is 2.50. The largest absolute Gasteiger partial charge is 0.377 e. The maximum absolute atomic E-state index is 13.0. The van der Waals surface area contributed by atoms with Crippen LogP contribution in [-0.2, 0) is 9.53 Å². The van der Waals surface area contributed by atoms with E-state index in [0.717, 1.165) is 18.4 Å². The normalized spacial score (nSPS) is 19.5. The van der Waals surface area contributed by atoms with E-state index < -0.39 is 0 Å². The molecule has 0 N–H and O–H groups in total. The molecule has 0 bridgehead atoms. The van der Waals surface area contributed by atoms with Crippen LogP contribution in [-0.4, -0.2) is 30.6 Å². The minimum atomic E-state index is -0.260. The molecule has 0 aliphatic carbocycles. The number of morpholine rings is 1. The van der Waals surface area contributed by atoms with Crippen molar-refractivity contribution in [1.82, 2.24) is 4.90 Å². The first-order valence-corrected chi connectivity index (χ1v) is 6.85. The molecule has 1 amide bonds. The molecule has 2 rings (SSSR count). The predicted octanol–water partition coefficient (Wildman–Crippen LogP) is 2.92. The maximum atomic E-state index is 13.0. The van der Waals surface area contributed by atoms with Gasteiger partial charge >= 0.3 is 0 Å². The van der Waals surface area contributed by atoms with Crippen molar-refractivity contribution in [2.45, 2.75) is 32.2 Å². The van der Waals surface area contributed by atoms with Crippen LogP contribution in [0.5, 0.6) is 0 Å². The van der Waals surface area contributed by atoms with Crippen LogP contribution >= 0.6 is 0 Å². The Morgan fingerprint density at radius 3 is 2.84 bits per heavy atom. The number of carbonyl (C=O) groups is 1. The molecule has 4 heteroatoms. The van der Waals surface area contributed by atoms with Gasteiger partial charge in [0.25, 0.3) is 0 Å². The lowest BCUT2D eigenvalue weighted by molar-refractivity contribution is -0.140. The number of benzene rings is 1. The van der Waals surface area contributed by atoms with Gasteiger partial charge in [-0.25, -0.2) is 4.39 Å². The van der Waals surface area contributed by atoms with E-state index in [2.05, 4.69) is 6.92 Å². The maximum Gasteiger partial charge on any atom is 0.223 e. The lowest BCUT2D eigenvalue weighted by atomic mass is 10.0. The van der Waals surface area contributed by atoms with Crippen molar-refractivity contribution in [2.24, 2.45) is 0 Å². The molecule has 1 aliphatic rings. The van der Waals surface area contributed by atoms with Gasteiger partial charge in [0.2, 0.25) is 5.91 Å². The quantitative estimate of drug-likeness (QED) is 0.837. The Kier molecular flexibility index (Phi) is 4.91. The first kappa shape index (κ1) is 14.0. The summed E-state index contributed by atoms with van der Waals surface area (Å²) in [5, 5.41) is 0. The average Bonchev–Trinajstić information content (AvgIpc) is 2.45. The zero-order valence-electron chi connectivity index (χ0n) is 11.3. The monoisotopic (exact) mass is 265 g/mol. The van der Waals surface area contributed by atoms with E-state index in [-0.39, 0.29) is 17.8 Å². The first-order chi connectivity index (χ1) is 9.22. The van der Waals surface area contributed by atoms with Gasteiger partial charge in [0.05, 0.1) is 19.3 Å². The van der Waals surface area contributed by atoms with Crippen molar-refractivity contribution in [3.05, 3.63) is 35.6 Å². The van der Waals surface area contributed by atoms with Crippen LogP contribution in [0.1, 0.15) is 37.8 Å². The van der Waals surface area contributed by atoms with E-state index in [1.54, 1.807) is 12.1 Å². The highest BCUT2D eigenvalue weighted by Gasteiger charge is 2.27. The Labute approximate surface area is 113 Å². The van der Waals surface area contributed by atoms with Gasteiger partial charge in [0.1, 0.15) is 5.82 Å². The summed E-state index contributed by atoms with van der Waals surface area (Å²) in [4.78, 5) is 14.1. The van der Waals surface area contributed by atoms with Gasteiger partial charge in [-0.2, -0.15) is 0 Å². The molecule has 1 aromatic rings. The van der Waals surface area contributed by atoms with E-state index in [0.29, 0.717) is 26.2 Å².